The van der Waals surface area contributed by atoms with Crippen LogP contribution in [0.25, 0.3) is 0 Å². The number of hydrogen-bond donors (Lipinski definition) is 1. The maximum atomic E-state index is 6.19. The molecule has 0 saturated heterocycles. The SMILES string of the molecule is COc1cccc([C@@H](C)NCc2cc(Br)ccc2Cl)c1. The van der Waals surface area contributed by atoms with E-state index in [-0.39, 0.29) is 6.04 Å². The highest BCUT2D eigenvalue weighted by molar-refractivity contribution is 9.10. The fraction of sp³-hybridized carbons (Fsp3) is 0.250. The van der Waals surface area contributed by atoms with Crippen molar-refractivity contribution >= 4 is 27.5 Å². The fourth-order valence-electron chi connectivity index (χ4n) is 1.97. The summed E-state index contributed by atoms with van der Waals surface area (Å²) in [7, 11) is 1.68. The second-order valence-corrected chi connectivity index (χ2v) is 5.94. The van der Waals surface area contributed by atoms with Crippen LogP contribution in [0.5, 0.6) is 5.75 Å². The molecule has 0 saturated carbocycles. The first-order valence-electron chi connectivity index (χ1n) is 6.41. The summed E-state index contributed by atoms with van der Waals surface area (Å²) >= 11 is 9.66. The standard InChI is InChI=1S/C16H17BrClNO/c1-11(12-4-3-5-15(9-12)20-2)19-10-13-8-14(17)6-7-16(13)18/h3-9,11,19H,10H2,1-2H3/t11-/m1/s1. The Morgan fingerprint density at radius 2 is 2.05 bits per heavy atom. The van der Waals surface area contributed by atoms with Crippen LogP contribution in [-0.4, -0.2) is 7.11 Å². The first-order chi connectivity index (χ1) is 9.60. The van der Waals surface area contributed by atoms with Gasteiger partial charge in [-0.25, -0.2) is 0 Å². The summed E-state index contributed by atoms with van der Waals surface area (Å²) in [4.78, 5) is 0. The summed E-state index contributed by atoms with van der Waals surface area (Å²) in [6.45, 7) is 2.84. The number of benzene rings is 2. The van der Waals surface area contributed by atoms with Crippen LogP contribution in [0.15, 0.2) is 46.9 Å². The zero-order valence-electron chi connectivity index (χ0n) is 11.5. The van der Waals surface area contributed by atoms with Gasteiger partial charge in [0, 0.05) is 22.1 Å². The number of methoxy groups -OCH3 is 1. The van der Waals surface area contributed by atoms with Crippen LogP contribution in [0.4, 0.5) is 0 Å². The molecule has 0 spiro atoms. The van der Waals surface area contributed by atoms with Gasteiger partial charge in [0.1, 0.15) is 5.75 Å². The molecule has 1 atom stereocenters. The maximum absolute atomic E-state index is 6.19. The van der Waals surface area contributed by atoms with E-state index in [4.69, 9.17) is 16.3 Å². The monoisotopic (exact) mass is 353 g/mol. The summed E-state index contributed by atoms with van der Waals surface area (Å²) in [6, 6.07) is 14.2. The highest BCUT2D eigenvalue weighted by Crippen LogP contribution is 2.23. The molecule has 20 heavy (non-hydrogen) atoms. The first-order valence-corrected chi connectivity index (χ1v) is 7.58. The predicted octanol–water partition coefficient (Wildman–Crippen LogP) is 4.96. The Kier molecular flexibility index (Phi) is 5.46. The Bertz CT molecular complexity index is 588. The maximum Gasteiger partial charge on any atom is 0.119 e. The van der Waals surface area contributed by atoms with E-state index in [1.807, 2.05) is 36.4 Å². The van der Waals surface area contributed by atoms with Crippen molar-refractivity contribution in [2.45, 2.75) is 19.5 Å². The minimum absolute atomic E-state index is 0.222. The molecule has 2 nitrogen and oxygen atoms in total. The van der Waals surface area contributed by atoms with Gasteiger partial charge in [-0.1, -0.05) is 39.7 Å². The van der Waals surface area contributed by atoms with Crippen LogP contribution in [0, 0.1) is 0 Å². The van der Waals surface area contributed by atoms with Gasteiger partial charge in [-0.2, -0.15) is 0 Å². The Hall–Kier alpha value is -1.03. The number of halogens is 2. The summed E-state index contributed by atoms with van der Waals surface area (Å²) in [5, 5.41) is 4.25. The van der Waals surface area contributed by atoms with Gasteiger partial charge >= 0.3 is 0 Å². The van der Waals surface area contributed by atoms with Gasteiger partial charge in [0.25, 0.3) is 0 Å². The lowest BCUT2D eigenvalue weighted by Crippen LogP contribution is -2.18. The second-order valence-electron chi connectivity index (χ2n) is 4.61. The van der Waals surface area contributed by atoms with E-state index in [1.54, 1.807) is 7.11 Å². The molecule has 106 valence electrons. The van der Waals surface area contributed by atoms with Gasteiger partial charge in [-0.3, -0.25) is 0 Å². The molecule has 0 aliphatic rings. The number of nitrogens with one attached hydrogen (secondary N) is 1. The van der Waals surface area contributed by atoms with Crippen molar-refractivity contribution in [3.63, 3.8) is 0 Å². The second kappa shape index (κ2) is 7.11. The van der Waals surface area contributed by atoms with Gasteiger partial charge in [0.15, 0.2) is 0 Å². The Labute approximate surface area is 133 Å². The summed E-state index contributed by atoms with van der Waals surface area (Å²) in [5.41, 5.74) is 2.27. The van der Waals surface area contributed by atoms with Crippen molar-refractivity contribution in [2.75, 3.05) is 7.11 Å². The van der Waals surface area contributed by atoms with E-state index < -0.39 is 0 Å². The van der Waals surface area contributed by atoms with Crippen LogP contribution >= 0.6 is 27.5 Å². The number of ether oxygens (including phenoxy) is 1. The van der Waals surface area contributed by atoms with E-state index in [2.05, 4.69) is 34.2 Å². The molecule has 0 aliphatic carbocycles. The fourth-order valence-corrected chi connectivity index (χ4v) is 2.56. The molecule has 0 fully saturated rings. The summed E-state index contributed by atoms with van der Waals surface area (Å²) in [5.74, 6) is 0.872. The van der Waals surface area contributed by atoms with Crippen LogP contribution in [-0.2, 0) is 6.54 Å². The highest BCUT2D eigenvalue weighted by atomic mass is 79.9. The third-order valence-electron chi connectivity index (χ3n) is 3.20. The zero-order chi connectivity index (χ0) is 14.5. The van der Waals surface area contributed by atoms with Crippen LogP contribution in [0.1, 0.15) is 24.1 Å². The van der Waals surface area contributed by atoms with Crippen molar-refractivity contribution in [1.82, 2.24) is 5.32 Å². The number of hydrogen-bond acceptors (Lipinski definition) is 2. The molecule has 0 aliphatic heterocycles. The zero-order valence-corrected chi connectivity index (χ0v) is 13.8. The van der Waals surface area contributed by atoms with Gasteiger partial charge in [-0.15, -0.1) is 0 Å². The van der Waals surface area contributed by atoms with E-state index in [9.17, 15) is 0 Å². The molecule has 0 heterocycles. The lowest BCUT2D eigenvalue weighted by atomic mass is 10.1. The van der Waals surface area contributed by atoms with Gasteiger partial charge in [0.05, 0.1) is 7.11 Å². The van der Waals surface area contributed by atoms with E-state index in [1.165, 1.54) is 5.56 Å². The average Bonchev–Trinajstić information content (AvgIpc) is 2.48. The van der Waals surface area contributed by atoms with Gasteiger partial charge in [0.2, 0.25) is 0 Å². The smallest absolute Gasteiger partial charge is 0.119 e. The van der Waals surface area contributed by atoms with Crippen molar-refractivity contribution < 1.29 is 4.74 Å². The first kappa shape index (κ1) is 15.4. The highest BCUT2D eigenvalue weighted by Gasteiger charge is 2.07. The molecule has 0 unspecified atom stereocenters. The topological polar surface area (TPSA) is 21.3 Å². The molecule has 0 bridgehead atoms. The largest absolute Gasteiger partial charge is 0.497 e. The number of rotatable bonds is 5. The Morgan fingerprint density at radius 3 is 2.80 bits per heavy atom. The lowest BCUT2D eigenvalue weighted by molar-refractivity contribution is 0.413. The Balaban J connectivity index is 2.04. The molecule has 0 amide bonds. The normalized spacial score (nSPS) is 12.2. The van der Waals surface area contributed by atoms with Gasteiger partial charge in [-0.05, 0) is 48.4 Å². The minimum atomic E-state index is 0.222. The Morgan fingerprint density at radius 1 is 1.25 bits per heavy atom. The molecule has 4 heteroatoms. The van der Waals surface area contributed by atoms with Crippen molar-refractivity contribution in [3.8, 4) is 5.75 Å². The minimum Gasteiger partial charge on any atom is -0.497 e. The molecule has 2 aromatic carbocycles. The van der Waals surface area contributed by atoms with E-state index >= 15 is 0 Å². The van der Waals surface area contributed by atoms with Crippen LogP contribution < -0.4 is 10.1 Å². The molecule has 0 radical (unpaired) electrons. The molecule has 2 aromatic rings. The molecule has 1 N–H and O–H groups in total. The average molecular weight is 355 g/mol. The molecular formula is C16H17BrClNO. The lowest BCUT2D eigenvalue weighted by Gasteiger charge is -2.16. The third-order valence-corrected chi connectivity index (χ3v) is 4.06. The third kappa shape index (κ3) is 3.98. The molecular weight excluding hydrogens is 338 g/mol. The quantitative estimate of drug-likeness (QED) is 0.819. The summed E-state index contributed by atoms with van der Waals surface area (Å²) < 4.78 is 6.28. The predicted molar refractivity (Wildman–Crippen MR) is 87.4 cm³/mol. The van der Waals surface area contributed by atoms with Crippen molar-refractivity contribution in [1.29, 1.82) is 0 Å². The van der Waals surface area contributed by atoms with E-state index in [0.717, 1.165) is 27.4 Å². The van der Waals surface area contributed by atoms with E-state index in [0.29, 0.717) is 0 Å². The summed E-state index contributed by atoms with van der Waals surface area (Å²) in [6.07, 6.45) is 0. The van der Waals surface area contributed by atoms with Crippen LogP contribution in [0.2, 0.25) is 5.02 Å². The van der Waals surface area contributed by atoms with Gasteiger partial charge < -0.3 is 10.1 Å². The van der Waals surface area contributed by atoms with Crippen molar-refractivity contribution in [3.05, 3.63) is 63.1 Å². The van der Waals surface area contributed by atoms with Crippen molar-refractivity contribution in [2.24, 2.45) is 0 Å². The molecule has 2 rings (SSSR count). The van der Waals surface area contributed by atoms with Crippen LogP contribution in [0.3, 0.4) is 0 Å². The molecule has 0 aromatic heterocycles.